The van der Waals surface area contributed by atoms with Crippen molar-refractivity contribution < 1.29 is 19.2 Å². The van der Waals surface area contributed by atoms with Gasteiger partial charge in [0, 0.05) is 17.3 Å². The number of anilines is 1. The molecule has 0 bridgehead atoms. The highest BCUT2D eigenvalue weighted by Gasteiger charge is 2.16. The molecule has 0 atom stereocenters. The molecule has 2 aromatic carbocycles. The maximum atomic E-state index is 12.1. The van der Waals surface area contributed by atoms with E-state index in [0.29, 0.717) is 17.0 Å². The third-order valence-electron chi connectivity index (χ3n) is 2.99. The van der Waals surface area contributed by atoms with Gasteiger partial charge in [-0.1, -0.05) is 0 Å². The molecule has 0 aliphatic carbocycles. The van der Waals surface area contributed by atoms with Gasteiger partial charge in [0.1, 0.15) is 5.75 Å². The van der Waals surface area contributed by atoms with Gasteiger partial charge in [-0.15, -0.1) is 0 Å². The molecule has 0 spiro atoms. The standard InChI is InChI=1S/C15H14N2O5/c1-21-12-6-3-10(4-7-12)15(18)16-11-5-8-14(22-2)13(9-11)17(19)20/h3-9H,1-2H3,(H,16,18). The van der Waals surface area contributed by atoms with Gasteiger partial charge in [0.2, 0.25) is 0 Å². The Morgan fingerprint density at radius 2 is 1.77 bits per heavy atom. The molecular formula is C15H14N2O5. The summed E-state index contributed by atoms with van der Waals surface area (Å²) in [5, 5.41) is 13.6. The SMILES string of the molecule is COc1ccc(C(=O)Nc2ccc(OC)c([N+](=O)[O-])c2)cc1. The predicted molar refractivity (Wildman–Crippen MR) is 80.6 cm³/mol. The van der Waals surface area contributed by atoms with E-state index in [-0.39, 0.29) is 17.3 Å². The minimum Gasteiger partial charge on any atom is -0.497 e. The Kier molecular flexibility index (Phi) is 4.57. The van der Waals surface area contributed by atoms with Gasteiger partial charge < -0.3 is 14.8 Å². The smallest absolute Gasteiger partial charge is 0.312 e. The fourth-order valence-corrected chi connectivity index (χ4v) is 1.86. The average molecular weight is 302 g/mol. The average Bonchev–Trinajstić information content (AvgIpc) is 2.54. The monoisotopic (exact) mass is 302 g/mol. The van der Waals surface area contributed by atoms with Gasteiger partial charge in [-0.3, -0.25) is 14.9 Å². The zero-order chi connectivity index (χ0) is 16.1. The first kappa shape index (κ1) is 15.3. The molecule has 1 amide bonds. The van der Waals surface area contributed by atoms with Crippen LogP contribution in [0.5, 0.6) is 11.5 Å². The minimum absolute atomic E-state index is 0.132. The number of carbonyl (C=O) groups is 1. The van der Waals surface area contributed by atoms with Gasteiger partial charge in [-0.25, -0.2) is 0 Å². The number of hydrogen-bond donors (Lipinski definition) is 1. The fraction of sp³-hybridized carbons (Fsp3) is 0.133. The van der Waals surface area contributed by atoms with Crippen LogP contribution < -0.4 is 14.8 Å². The molecular weight excluding hydrogens is 288 g/mol. The molecule has 7 nitrogen and oxygen atoms in total. The van der Waals surface area contributed by atoms with Crippen molar-refractivity contribution in [1.29, 1.82) is 0 Å². The van der Waals surface area contributed by atoms with Crippen LogP contribution in [0.25, 0.3) is 0 Å². The zero-order valence-electron chi connectivity index (χ0n) is 12.0. The second-order valence-electron chi connectivity index (χ2n) is 4.33. The molecule has 0 aliphatic rings. The maximum absolute atomic E-state index is 12.1. The molecule has 22 heavy (non-hydrogen) atoms. The van der Waals surface area contributed by atoms with Crippen LogP contribution in [0.15, 0.2) is 42.5 Å². The van der Waals surface area contributed by atoms with Crippen LogP contribution in [0.2, 0.25) is 0 Å². The van der Waals surface area contributed by atoms with Crippen LogP contribution in [0, 0.1) is 10.1 Å². The number of ether oxygens (including phenoxy) is 2. The molecule has 1 N–H and O–H groups in total. The van der Waals surface area contributed by atoms with Crippen molar-refractivity contribution in [1.82, 2.24) is 0 Å². The molecule has 2 rings (SSSR count). The second kappa shape index (κ2) is 6.57. The molecule has 0 radical (unpaired) electrons. The summed E-state index contributed by atoms with van der Waals surface area (Å²) in [7, 11) is 2.88. The van der Waals surface area contributed by atoms with Crippen LogP contribution in [0.3, 0.4) is 0 Å². The maximum Gasteiger partial charge on any atom is 0.312 e. The molecule has 0 aliphatic heterocycles. The van der Waals surface area contributed by atoms with Crippen molar-refractivity contribution in [2.45, 2.75) is 0 Å². The van der Waals surface area contributed by atoms with Gasteiger partial charge in [-0.2, -0.15) is 0 Å². The zero-order valence-corrected chi connectivity index (χ0v) is 12.0. The van der Waals surface area contributed by atoms with E-state index in [1.807, 2.05) is 0 Å². The Morgan fingerprint density at radius 3 is 2.32 bits per heavy atom. The summed E-state index contributed by atoms with van der Waals surface area (Å²) in [6.45, 7) is 0. The van der Waals surface area contributed by atoms with Gasteiger partial charge in [0.05, 0.1) is 19.1 Å². The molecule has 0 fully saturated rings. The summed E-state index contributed by atoms with van der Waals surface area (Å²) in [6.07, 6.45) is 0. The van der Waals surface area contributed by atoms with Crippen LogP contribution in [0.4, 0.5) is 11.4 Å². The summed E-state index contributed by atoms with van der Waals surface area (Å²) in [5.41, 5.74) is 0.516. The van der Waals surface area contributed by atoms with E-state index in [0.717, 1.165) is 0 Å². The highest BCUT2D eigenvalue weighted by molar-refractivity contribution is 6.04. The molecule has 0 unspecified atom stereocenters. The number of amides is 1. The van der Waals surface area contributed by atoms with Crippen molar-refractivity contribution in [2.75, 3.05) is 19.5 Å². The topological polar surface area (TPSA) is 90.7 Å². The van der Waals surface area contributed by atoms with E-state index < -0.39 is 4.92 Å². The van der Waals surface area contributed by atoms with Crippen molar-refractivity contribution in [3.63, 3.8) is 0 Å². The summed E-state index contributed by atoms with van der Waals surface area (Å²) in [4.78, 5) is 22.5. The van der Waals surface area contributed by atoms with E-state index in [2.05, 4.69) is 5.32 Å². The first-order valence-corrected chi connectivity index (χ1v) is 6.33. The van der Waals surface area contributed by atoms with E-state index in [1.165, 1.54) is 32.4 Å². The first-order chi connectivity index (χ1) is 10.5. The number of rotatable bonds is 5. The highest BCUT2D eigenvalue weighted by Crippen LogP contribution is 2.29. The lowest BCUT2D eigenvalue weighted by Crippen LogP contribution is -2.12. The molecule has 0 aromatic heterocycles. The first-order valence-electron chi connectivity index (χ1n) is 6.33. The minimum atomic E-state index is -0.568. The quantitative estimate of drug-likeness (QED) is 0.677. The molecule has 0 saturated carbocycles. The Balaban J connectivity index is 2.20. The summed E-state index contributed by atoms with van der Waals surface area (Å²) in [6, 6.07) is 10.7. The highest BCUT2D eigenvalue weighted by atomic mass is 16.6. The lowest BCUT2D eigenvalue weighted by Gasteiger charge is -2.07. The largest absolute Gasteiger partial charge is 0.497 e. The van der Waals surface area contributed by atoms with E-state index >= 15 is 0 Å². The van der Waals surface area contributed by atoms with Gasteiger partial charge in [-0.05, 0) is 36.4 Å². The molecule has 2 aromatic rings. The van der Waals surface area contributed by atoms with E-state index in [9.17, 15) is 14.9 Å². The predicted octanol–water partition coefficient (Wildman–Crippen LogP) is 2.86. The number of carbonyl (C=O) groups excluding carboxylic acids is 1. The van der Waals surface area contributed by atoms with Crippen molar-refractivity contribution >= 4 is 17.3 Å². The Hall–Kier alpha value is -3.09. The van der Waals surface area contributed by atoms with E-state index in [4.69, 9.17) is 9.47 Å². The van der Waals surface area contributed by atoms with Crippen molar-refractivity contribution in [3.8, 4) is 11.5 Å². The second-order valence-corrected chi connectivity index (χ2v) is 4.33. The molecule has 0 saturated heterocycles. The van der Waals surface area contributed by atoms with Gasteiger partial charge in [0.25, 0.3) is 5.91 Å². The Labute approximate surface area is 126 Å². The number of hydrogen-bond acceptors (Lipinski definition) is 5. The van der Waals surface area contributed by atoms with Crippen LogP contribution >= 0.6 is 0 Å². The number of nitrogens with zero attached hydrogens (tertiary/aromatic N) is 1. The van der Waals surface area contributed by atoms with Crippen molar-refractivity contribution in [3.05, 3.63) is 58.1 Å². The Bertz CT molecular complexity index is 698. The number of nitro benzene ring substituents is 1. The summed E-state index contributed by atoms with van der Waals surface area (Å²) in [5.74, 6) is 0.395. The lowest BCUT2D eigenvalue weighted by atomic mass is 10.2. The molecule has 0 heterocycles. The van der Waals surface area contributed by atoms with Crippen LogP contribution in [-0.4, -0.2) is 25.1 Å². The summed E-state index contributed by atoms with van der Waals surface area (Å²) >= 11 is 0. The third kappa shape index (κ3) is 3.32. The van der Waals surface area contributed by atoms with Gasteiger partial charge >= 0.3 is 5.69 Å². The van der Waals surface area contributed by atoms with E-state index in [1.54, 1.807) is 24.3 Å². The summed E-state index contributed by atoms with van der Waals surface area (Å²) < 4.78 is 9.92. The van der Waals surface area contributed by atoms with Crippen LogP contribution in [0.1, 0.15) is 10.4 Å². The Morgan fingerprint density at radius 1 is 1.09 bits per heavy atom. The molecule has 7 heteroatoms. The molecule has 114 valence electrons. The van der Waals surface area contributed by atoms with Gasteiger partial charge in [0.15, 0.2) is 5.75 Å². The third-order valence-corrected chi connectivity index (χ3v) is 2.99. The number of benzene rings is 2. The lowest BCUT2D eigenvalue weighted by molar-refractivity contribution is -0.385. The number of nitrogens with one attached hydrogen (secondary N) is 1. The normalized spacial score (nSPS) is 9.91. The fourth-order valence-electron chi connectivity index (χ4n) is 1.86. The number of methoxy groups -OCH3 is 2. The van der Waals surface area contributed by atoms with Crippen molar-refractivity contribution in [2.24, 2.45) is 0 Å². The number of nitro groups is 1. The van der Waals surface area contributed by atoms with Crippen LogP contribution in [-0.2, 0) is 0 Å².